The highest BCUT2D eigenvalue weighted by atomic mass is 16.7. The highest BCUT2D eigenvalue weighted by Gasteiger charge is 2.22. The number of carboxylic acid groups (broad SMARTS) is 1. The molecule has 2 atom stereocenters. The van der Waals surface area contributed by atoms with E-state index >= 15 is 0 Å². The average Bonchev–Trinajstić information content (AvgIpc) is 1.14. The second-order valence-corrected chi connectivity index (χ2v) is 31.2. The molecule has 0 aromatic carbocycles. The minimum Gasteiger partial charge on any atom is -0.545 e. The Balaban J connectivity index is 3.91. The van der Waals surface area contributed by atoms with Crippen molar-refractivity contribution in [1.29, 1.82) is 0 Å². The molecular formula is C91H169NO8. The summed E-state index contributed by atoms with van der Waals surface area (Å²) in [6, 6.07) is 0. The lowest BCUT2D eigenvalue weighted by molar-refractivity contribution is -0.870. The van der Waals surface area contributed by atoms with Crippen molar-refractivity contribution >= 4 is 17.9 Å². The topological polar surface area (TPSA) is 111 Å². The second-order valence-electron chi connectivity index (χ2n) is 31.2. The number of carboxylic acids is 1. The van der Waals surface area contributed by atoms with Gasteiger partial charge in [-0.15, -0.1) is 0 Å². The van der Waals surface area contributed by atoms with E-state index in [4.69, 9.17) is 18.9 Å². The number of carbonyl (C=O) groups is 3. The molecule has 0 aromatic rings. The molecule has 0 aliphatic heterocycles. The van der Waals surface area contributed by atoms with E-state index in [9.17, 15) is 19.5 Å². The van der Waals surface area contributed by atoms with Crippen LogP contribution < -0.4 is 5.11 Å². The molecular weight excluding hydrogens is 1230 g/mol. The fourth-order valence-electron chi connectivity index (χ4n) is 13.4. The summed E-state index contributed by atoms with van der Waals surface area (Å²) in [6.45, 7) is 4.72. The molecule has 0 aliphatic carbocycles. The van der Waals surface area contributed by atoms with Crippen molar-refractivity contribution in [2.45, 2.75) is 456 Å². The molecule has 0 spiro atoms. The monoisotopic (exact) mass is 1400 g/mol. The maximum Gasteiger partial charge on any atom is 0.306 e. The molecule has 0 bridgehead atoms. The first-order chi connectivity index (χ1) is 49.1. The summed E-state index contributed by atoms with van der Waals surface area (Å²) in [5.74, 6) is -2.25. The molecule has 0 heterocycles. The van der Waals surface area contributed by atoms with Gasteiger partial charge in [-0.25, -0.2) is 0 Å². The largest absolute Gasteiger partial charge is 0.545 e. The van der Waals surface area contributed by atoms with E-state index in [1.54, 1.807) is 0 Å². The Kier molecular flexibility index (Phi) is 79.2. The number of quaternary nitrogens is 1. The van der Waals surface area contributed by atoms with Crippen LogP contribution in [-0.2, 0) is 33.3 Å². The summed E-state index contributed by atoms with van der Waals surface area (Å²) in [5.41, 5.74) is 0. The van der Waals surface area contributed by atoms with Crippen LogP contribution in [0.4, 0.5) is 0 Å². The van der Waals surface area contributed by atoms with E-state index in [1.165, 1.54) is 347 Å². The van der Waals surface area contributed by atoms with Gasteiger partial charge in [0, 0.05) is 12.8 Å². The van der Waals surface area contributed by atoms with E-state index in [1.807, 2.05) is 21.1 Å². The summed E-state index contributed by atoms with van der Waals surface area (Å²) in [5, 5.41) is 11.9. The lowest BCUT2D eigenvalue weighted by atomic mass is 10.0. The minimum atomic E-state index is -1.62. The molecule has 2 unspecified atom stereocenters. The van der Waals surface area contributed by atoms with Gasteiger partial charge in [0.1, 0.15) is 13.2 Å². The Labute approximate surface area is 622 Å². The molecule has 0 amide bonds. The van der Waals surface area contributed by atoms with Crippen molar-refractivity contribution in [3.8, 4) is 0 Å². The van der Waals surface area contributed by atoms with Crippen LogP contribution >= 0.6 is 0 Å². The number of likely N-dealkylation sites (N-methyl/N-ethyl adjacent to an activating group) is 1. The predicted molar refractivity (Wildman–Crippen MR) is 431 cm³/mol. The Bertz CT molecular complexity index is 1830. The Morgan fingerprint density at radius 3 is 0.850 bits per heavy atom. The van der Waals surface area contributed by atoms with Gasteiger partial charge >= 0.3 is 11.9 Å². The third-order valence-electron chi connectivity index (χ3n) is 20.0. The minimum absolute atomic E-state index is 0.150. The molecule has 9 nitrogen and oxygen atoms in total. The number of ether oxygens (including phenoxy) is 4. The standard InChI is InChI=1S/C91H169NO8/c1-6-8-10-12-14-16-18-20-22-24-26-28-30-32-34-36-38-40-42-44-46-47-49-51-53-55-57-59-61-63-65-67-69-71-73-75-77-79-81-88(93)98-85-87(86-99-91(90(95)96)97-84-83-92(3,4)5)100-89(94)82-80-78-76-74-72-70-68-66-64-62-60-58-56-54-52-50-48-45-43-41-39-37-35-33-31-29-27-25-23-21-19-17-15-13-11-9-7-2/h9,11,15,17,21,23,27,29,33,35,87,91H,6-8,10,12-14,16,18-20,22,24-26,28,30-32,34,36-86H2,1-5H3/b11-9-,17-15-,23-21-,29-27-,35-33-. The molecule has 100 heavy (non-hydrogen) atoms. The summed E-state index contributed by atoms with van der Waals surface area (Å²) < 4.78 is 22.9. The number of esters is 2. The zero-order valence-corrected chi connectivity index (χ0v) is 67.3. The first kappa shape index (κ1) is 97.0. The number of carbonyl (C=O) groups excluding carboxylic acids is 3. The number of allylic oxidation sites excluding steroid dienone is 10. The third-order valence-corrected chi connectivity index (χ3v) is 20.0. The van der Waals surface area contributed by atoms with Gasteiger partial charge in [0.15, 0.2) is 12.4 Å². The van der Waals surface area contributed by atoms with Crippen LogP contribution in [0, 0.1) is 0 Å². The molecule has 0 fully saturated rings. The molecule has 0 aliphatic rings. The SMILES string of the molecule is CC/C=C\C/C=C\C/C=C\C/C=C\C/C=C\CCCCCCCCCCCCCCCCCCCCCCCC(=O)OC(COC(=O)CCCCCCCCCCCCCCCCCCCCCCCCCCCCCCCCCCCCCCCC)COC(OCC[N+](C)(C)C)C(=O)[O-]. The van der Waals surface area contributed by atoms with Gasteiger partial charge < -0.3 is 33.3 Å². The number of hydrogen-bond donors (Lipinski definition) is 0. The molecule has 0 saturated carbocycles. The van der Waals surface area contributed by atoms with Crippen molar-refractivity contribution in [2.24, 2.45) is 0 Å². The fraction of sp³-hybridized carbons (Fsp3) is 0.857. The van der Waals surface area contributed by atoms with Crippen molar-refractivity contribution in [1.82, 2.24) is 0 Å². The molecule has 0 aromatic heterocycles. The lowest BCUT2D eigenvalue weighted by Gasteiger charge is -2.26. The molecule has 0 N–H and O–H groups in total. The zero-order valence-electron chi connectivity index (χ0n) is 67.3. The highest BCUT2D eigenvalue weighted by molar-refractivity contribution is 5.70. The average molecular weight is 1410 g/mol. The van der Waals surface area contributed by atoms with E-state index in [2.05, 4.69) is 74.6 Å². The molecule has 0 rings (SSSR count). The van der Waals surface area contributed by atoms with Gasteiger partial charge in [-0.2, -0.15) is 0 Å². The van der Waals surface area contributed by atoms with Crippen molar-refractivity contribution in [3.63, 3.8) is 0 Å². The lowest BCUT2D eigenvalue weighted by Crippen LogP contribution is -2.44. The van der Waals surface area contributed by atoms with Gasteiger partial charge in [-0.05, 0) is 57.8 Å². The van der Waals surface area contributed by atoms with Crippen LogP contribution in [0.2, 0.25) is 0 Å². The molecule has 9 heteroatoms. The third kappa shape index (κ3) is 82.3. The number of nitrogens with zero attached hydrogens (tertiary/aromatic N) is 1. The van der Waals surface area contributed by atoms with Crippen LogP contribution in [0.5, 0.6) is 0 Å². The quantitative estimate of drug-likeness (QED) is 0.0195. The van der Waals surface area contributed by atoms with Crippen LogP contribution in [-0.4, -0.2) is 82.3 Å². The van der Waals surface area contributed by atoms with Gasteiger partial charge in [0.2, 0.25) is 0 Å². The predicted octanol–water partition coefficient (Wildman–Crippen LogP) is 27.2. The highest BCUT2D eigenvalue weighted by Crippen LogP contribution is 2.21. The molecule has 0 saturated heterocycles. The van der Waals surface area contributed by atoms with Crippen LogP contribution in [0.25, 0.3) is 0 Å². The number of rotatable bonds is 83. The Morgan fingerprint density at radius 2 is 0.570 bits per heavy atom. The van der Waals surface area contributed by atoms with E-state index in [-0.39, 0.29) is 32.2 Å². The normalized spacial score (nSPS) is 12.8. The Morgan fingerprint density at radius 1 is 0.310 bits per heavy atom. The van der Waals surface area contributed by atoms with Crippen LogP contribution in [0.15, 0.2) is 60.8 Å². The summed E-state index contributed by atoms with van der Waals surface area (Å²) in [7, 11) is 5.96. The van der Waals surface area contributed by atoms with E-state index in [0.29, 0.717) is 17.4 Å². The van der Waals surface area contributed by atoms with Gasteiger partial charge in [-0.3, -0.25) is 9.59 Å². The van der Waals surface area contributed by atoms with Crippen molar-refractivity contribution < 1.29 is 42.9 Å². The first-order valence-electron chi connectivity index (χ1n) is 43.9. The number of unbranched alkanes of at least 4 members (excludes halogenated alkanes) is 58. The number of hydrogen-bond acceptors (Lipinski definition) is 8. The summed E-state index contributed by atoms with van der Waals surface area (Å²) in [4.78, 5) is 37.7. The van der Waals surface area contributed by atoms with Gasteiger partial charge in [0.25, 0.3) is 0 Å². The first-order valence-corrected chi connectivity index (χ1v) is 43.9. The van der Waals surface area contributed by atoms with E-state index < -0.39 is 24.3 Å². The smallest absolute Gasteiger partial charge is 0.306 e. The zero-order chi connectivity index (χ0) is 72.5. The molecule has 586 valence electrons. The summed E-state index contributed by atoms with van der Waals surface area (Å²) in [6.07, 6.45) is 107. The van der Waals surface area contributed by atoms with Crippen molar-refractivity contribution in [2.75, 3.05) is 47.5 Å². The molecule has 0 radical (unpaired) electrons. The maximum atomic E-state index is 13.0. The van der Waals surface area contributed by atoms with E-state index in [0.717, 1.165) is 70.6 Å². The van der Waals surface area contributed by atoms with Gasteiger partial charge in [0.05, 0.1) is 40.3 Å². The Hall–Kier alpha value is -3.01. The summed E-state index contributed by atoms with van der Waals surface area (Å²) >= 11 is 0. The maximum absolute atomic E-state index is 13.0. The second kappa shape index (κ2) is 81.7. The number of aliphatic carboxylic acids is 1. The van der Waals surface area contributed by atoms with Crippen molar-refractivity contribution in [3.05, 3.63) is 60.8 Å². The van der Waals surface area contributed by atoms with Crippen LogP contribution in [0.3, 0.4) is 0 Å². The van der Waals surface area contributed by atoms with Gasteiger partial charge in [-0.1, -0.05) is 434 Å². The van der Waals surface area contributed by atoms with Crippen LogP contribution in [0.1, 0.15) is 444 Å². The fourth-order valence-corrected chi connectivity index (χ4v) is 13.4.